The van der Waals surface area contributed by atoms with Crippen LogP contribution in [0.1, 0.15) is 15.9 Å². The lowest BCUT2D eigenvalue weighted by molar-refractivity contribution is 0.0599. The average molecular weight is 281 g/mol. The predicted molar refractivity (Wildman–Crippen MR) is 55.8 cm³/mol. The molecule has 1 N–H and O–H groups in total. The van der Waals surface area contributed by atoms with Gasteiger partial charge in [0, 0.05) is 0 Å². The van der Waals surface area contributed by atoms with Gasteiger partial charge in [-0.1, -0.05) is 11.6 Å². The van der Waals surface area contributed by atoms with Crippen molar-refractivity contribution in [1.82, 2.24) is 4.98 Å². The van der Waals surface area contributed by atoms with Gasteiger partial charge in [0.25, 0.3) is 5.56 Å². The highest BCUT2D eigenvalue weighted by molar-refractivity contribution is 9.10. The molecule has 1 aromatic rings. The molecule has 0 aliphatic carbocycles. The van der Waals surface area contributed by atoms with Crippen LogP contribution in [-0.2, 0) is 4.74 Å². The number of nitrogens with one attached hydrogen (secondary N) is 1. The molecule has 0 saturated carbocycles. The third-order valence-electron chi connectivity index (χ3n) is 1.74. The van der Waals surface area contributed by atoms with Crippen molar-refractivity contribution in [3.63, 3.8) is 0 Å². The first-order chi connectivity index (χ1) is 6.49. The molecule has 1 aromatic heterocycles. The van der Waals surface area contributed by atoms with E-state index in [-0.39, 0.29) is 20.7 Å². The van der Waals surface area contributed by atoms with Gasteiger partial charge in [-0.25, -0.2) is 4.79 Å². The van der Waals surface area contributed by atoms with E-state index in [4.69, 9.17) is 11.6 Å². The monoisotopic (exact) mass is 279 g/mol. The Balaban J connectivity index is 3.52. The molecule has 14 heavy (non-hydrogen) atoms. The Morgan fingerprint density at radius 3 is 2.64 bits per heavy atom. The molecular weight excluding hydrogens is 273 g/mol. The molecule has 0 atom stereocenters. The summed E-state index contributed by atoms with van der Waals surface area (Å²) in [6, 6.07) is 0. The van der Waals surface area contributed by atoms with Crippen LogP contribution in [-0.4, -0.2) is 18.1 Å². The van der Waals surface area contributed by atoms with Crippen molar-refractivity contribution in [1.29, 1.82) is 0 Å². The fraction of sp³-hybridized carbons (Fsp3) is 0.250. The number of hydrogen-bond acceptors (Lipinski definition) is 3. The van der Waals surface area contributed by atoms with Gasteiger partial charge in [-0.2, -0.15) is 0 Å². The lowest BCUT2D eigenvalue weighted by atomic mass is 10.1. The minimum Gasteiger partial charge on any atom is -0.465 e. The first-order valence-electron chi connectivity index (χ1n) is 3.65. The van der Waals surface area contributed by atoms with Crippen molar-refractivity contribution in [2.75, 3.05) is 7.11 Å². The van der Waals surface area contributed by atoms with Gasteiger partial charge in [0.2, 0.25) is 0 Å². The summed E-state index contributed by atoms with van der Waals surface area (Å²) >= 11 is 8.75. The van der Waals surface area contributed by atoms with E-state index < -0.39 is 5.97 Å². The van der Waals surface area contributed by atoms with Gasteiger partial charge in [0.15, 0.2) is 0 Å². The number of ether oxygens (including phenoxy) is 1. The van der Waals surface area contributed by atoms with E-state index in [9.17, 15) is 9.59 Å². The molecule has 0 bridgehead atoms. The van der Waals surface area contributed by atoms with E-state index in [1.165, 1.54) is 7.11 Å². The summed E-state index contributed by atoms with van der Waals surface area (Å²) in [6.45, 7) is 1.61. The summed E-state index contributed by atoms with van der Waals surface area (Å²) in [6.07, 6.45) is 0. The highest BCUT2D eigenvalue weighted by Gasteiger charge is 2.18. The Bertz CT molecular complexity index is 441. The molecule has 1 heterocycles. The quantitative estimate of drug-likeness (QED) is 0.631. The van der Waals surface area contributed by atoms with Gasteiger partial charge in [0.1, 0.15) is 5.15 Å². The van der Waals surface area contributed by atoms with E-state index in [0.717, 1.165) is 0 Å². The number of carbonyl (C=O) groups excluding carboxylic acids is 1. The van der Waals surface area contributed by atoms with Crippen molar-refractivity contribution < 1.29 is 9.53 Å². The van der Waals surface area contributed by atoms with Crippen LogP contribution in [0.2, 0.25) is 5.15 Å². The van der Waals surface area contributed by atoms with Crippen LogP contribution >= 0.6 is 27.5 Å². The molecule has 0 aliphatic heterocycles. The Morgan fingerprint density at radius 2 is 2.14 bits per heavy atom. The van der Waals surface area contributed by atoms with Crippen LogP contribution in [0, 0.1) is 6.92 Å². The third kappa shape index (κ3) is 1.83. The maximum Gasteiger partial charge on any atom is 0.341 e. The summed E-state index contributed by atoms with van der Waals surface area (Å²) in [5, 5.41) is -0.0115. The van der Waals surface area contributed by atoms with Crippen LogP contribution in [0.4, 0.5) is 0 Å². The van der Waals surface area contributed by atoms with Gasteiger partial charge < -0.3 is 9.72 Å². The molecule has 6 heteroatoms. The normalized spacial score (nSPS) is 10.0. The molecule has 76 valence electrons. The molecule has 0 radical (unpaired) electrons. The van der Waals surface area contributed by atoms with E-state index in [1.54, 1.807) is 6.92 Å². The van der Waals surface area contributed by atoms with Crippen molar-refractivity contribution in [2.45, 2.75) is 6.92 Å². The number of H-pyrrole nitrogens is 1. The molecular formula is C8H7BrClNO3. The maximum absolute atomic E-state index is 11.3. The summed E-state index contributed by atoms with van der Waals surface area (Å²) in [5.41, 5.74) is 0.256. The second-order valence-electron chi connectivity index (χ2n) is 2.57. The van der Waals surface area contributed by atoms with Crippen molar-refractivity contribution in [3.8, 4) is 0 Å². The summed E-state index contributed by atoms with van der Waals surface area (Å²) < 4.78 is 4.81. The lowest BCUT2D eigenvalue weighted by Gasteiger charge is -2.06. The number of halogens is 2. The number of methoxy groups -OCH3 is 1. The van der Waals surface area contributed by atoms with Crippen LogP contribution in [0.25, 0.3) is 0 Å². The maximum atomic E-state index is 11.3. The van der Waals surface area contributed by atoms with Gasteiger partial charge >= 0.3 is 5.97 Å². The predicted octanol–water partition coefficient (Wildman–Crippen LogP) is 1.89. The van der Waals surface area contributed by atoms with Crippen LogP contribution in [0.5, 0.6) is 0 Å². The van der Waals surface area contributed by atoms with Crippen LogP contribution in [0.15, 0.2) is 9.27 Å². The van der Waals surface area contributed by atoms with E-state index in [1.807, 2.05) is 0 Å². The molecule has 0 aromatic carbocycles. The topological polar surface area (TPSA) is 59.2 Å². The summed E-state index contributed by atoms with van der Waals surface area (Å²) in [5.74, 6) is -0.579. The number of pyridine rings is 1. The standard InChI is InChI=1S/C8H7BrClNO3/c1-3-4(8(13)14-2)6(10)11-7(12)5(3)9/h1-2H3,(H,11,12). The van der Waals surface area contributed by atoms with Gasteiger partial charge in [-0.3, -0.25) is 4.79 Å². The smallest absolute Gasteiger partial charge is 0.341 e. The zero-order chi connectivity index (χ0) is 10.9. The van der Waals surface area contributed by atoms with Gasteiger partial charge in [0.05, 0.1) is 17.1 Å². The first kappa shape index (κ1) is 11.3. The fourth-order valence-corrected chi connectivity index (χ4v) is 1.61. The molecule has 0 amide bonds. The van der Waals surface area contributed by atoms with Crippen molar-refractivity contribution in [3.05, 3.63) is 31.1 Å². The Morgan fingerprint density at radius 1 is 1.57 bits per heavy atom. The Hall–Kier alpha value is -0.810. The second kappa shape index (κ2) is 4.14. The van der Waals surface area contributed by atoms with Crippen molar-refractivity contribution >= 4 is 33.5 Å². The van der Waals surface area contributed by atoms with Crippen LogP contribution in [0.3, 0.4) is 0 Å². The zero-order valence-electron chi connectivity index (χ0n) is 7.48. The SMILES string of the molecule is COC(=O)c1c(Cl)[nH]c(=O)c(Br)c1C. The number of rotatable bonds is 1. The van der Waals surface area contributed by atoms with Gasteiger partial charge in [-0.15, -0.1) is 0 Å². The molecule has 0 aliphatic rings. The minimum atomic E-state index is -0.579. The molecule has 1 rings (SSSR count). The van der Waals surface area contributed by atoms with E-state index >= 15 is 0 Å². The lowest BCUT2D eigenvalue weighted by Crippen LogP contribution is -2.15. The zero-order valence-corrected chi connectivity index (χ0v) is 9.82. The van der Waals surface area contributed by atoms with Crippen LogP contribution < -0.4 is 5.56 Å². The number of esters is 1. The number of carbonyl (C=O) groups is 1. The highest BCUT2D eigenvalue weighted by Crippen LogP contribution is 2.21. The number of aromatic nitrogens is 1. The number of aromatic amines is 1. The third-order valence-corrected chi connectivity index (χ3v) is 2.97. The van der Waals surface area contributed by atoms with Gasteiger partial charge in [-0.05, 0) is 28.4 Å². The fourth-order valence-electron chi connectivity index (χ4n) is 1.01. The minimum absolute atomic E-state index is 0.0115. The Kier molecular flexibility index (Phi) is 3.34. The van der Waals surface area contributed by atoms with Crippen molar-refractivity contribution in [2.24, 2.45) is 0 Å². The largest absolute Gasteiger partial charge is 0.465 e. The molecule has 0 spiro atoms. The van der Waals surface area contributed by atoms with E-state index in [0.29, 0.717) is 5.56 Å². The Labute approximate surface area is 93.4 Å². The highest BCUT2D eigenvalue weighted by atomic mass is 79.9. The second-order valence-corrected chi connectivity index (χ2v) is 3.74. The summed E-state index contributed by atoms with van der Waals surface area (Å²) in [7, 11) is 1.25. The molecule has 4 nitrogen and oxygen atoms in total. The number of hydrogen-bond donors (Lipinski definition) is 1. The molecule has 0 unspecified atom stereocenters. The molecule has 0 saturated heterocycles. The first-order valence-corrected chi connectivity index (χ1v) is 4.82. The van der Waals surface area contributed by atoms with E-state index in [2.05, 4.69) is 25.7 Å². The average Bonchev–Trinajstić information content (AvgIpc) is 2.14. The summed E-state index contributed by atoms with van der Waals surface area (Å²) in [4.78, 5) is 24.8. The molecule has 0 fully saturated rings.